The van der Waals surface area contributed by atoms with Gasteiger partial charge >= 0.3 is 0 Å². The average molecular weight is 446 g/mol. The van der Waals surface area contributed by atoms with Crippen molar-refractivity contribution in [3.05, 3.63) is 60.8 Å². The van der Waals surface area contributed by atoms with Crippen LogP contribution in [0.3, 0.4) is 0 Å². The van der Waals surface area contributed by atoms with Crippen molar-refractivity contribution in [2.75, 3.05) is 41.8 Å². The van der Waals surface area contributed by atoms with Crippen molar-refractivity contribution in [1.82, 2.24) is 9.97 Å². The van der Waals surface area contributed by atoms with E-state index < -0.39 is 0 Å². The van der Waals surface area contributed by atoms with E-state index in [1.165, 1.54) is 5.69 Å². The van der Waals surface area contributed by atoms with Crippen LogP contribution in [0.1, 0.15) is 20.8 Å². The molecule has 2 heterocycles. The summed E-state index contributed by atoms with van der Waals surface area (Å²) in [6.45, 7) is 9.41. The van der Waals surface area contributed by atoms with Gasteiger partial charge in [0.2, 0.25) is 11.9 Å². The molecule has 33 heavy (non-hydrogen) atoms. The smallest absolute Gasteiger partial charge is 0.227 e. The summed E-state index contributed by atoms with van der Waals surface area (Å²) in [5, 5.41) is 6.26. The minimum Gasteiger partial charge on any atom is -0.378 e. The van der Waals surface area contributed by atoms with E-state index in [1.54, 1.807) is 6.20 Å². The fraction of sp³-hybridized carbons (Fsp3) is 0.346. The number of ether oxygens (including phenoxy) is 1. The number of anilines is 4. The summed E-state index contributed by atoms with van der Waals surface area (Å²) in [5.41, 5.74) is 4.67. The van der Waals surface area contributed by atoms with Gasteiger partial charge in [-0.1, -0.05) is 32.9 Å². The molecule has 1 saturated heterocycles. The fourth-order valence-corrected chi connectivity index (χ4v) is 3.57. The molecule has 0 radical (unpaired) electrons. The third-order valence-corrected chi connectivity index (χ3v) is 6.02. The Hall–Kier alpha value is -3.45. The van der Waals surface area contributed by atoms with Crippen LogP contribution < -0.4 is 15.5 Å². The number of rotatable bonds is 7. The zero-order valence-electron chi connectivity index (χ0n) is 19.4. The molecule has 1 amide bonds. The summed E-state index contributed by atoms with van der Waals surface area (Å²) >= 11 is 0. The molecule has 2 N–H and O–H groups in total. The number of nitrogens with one attached hydrogen (secondary N) is 2. The van der Waals surface area contributed by atoms with Crippen molar-refractivity contribution in [2.45, 2.75) is 20.8 Å². The van der Waals surface area contributed by atoms with Crippen molar-refractivity contribution in [3.63, 3.8) is 0 Å². The first-order chi connectivity index (χ1) is 16.0. The zero-order valence-corrected chi connectivity index (χ0v) is 19.4. The lowest BCUT2D eigenvalue weighted by atomic mass is 9.97. The van der Waals surface area contributed by atoms with E-state index in [2.05, 4.69) is 37.6 Å². The number of nitrogens with zero attached hydrogens (tertiary/aromatic N) is 3. The number of hydrogen-bond acceptors (Lipinski definition) is 6. The average Bonchev–Trinajstić information content (AvgIpc) is 2.85. The SMILES string of the molecule is CC(C)[C@H](C)C(=O)Nc1ccc(-c2ccnc(Nc3ccc(N4CCOCC4)cc3)n2)cc1. The molecule has 2 aromatic carbocycles. The molecular weight excluding hydrogens is 414 g/mol. The minimum atomic E-state index is -0.0388. The molecule has 0 bridgehead atoms. The second-order valence-corrected chi connectivity index (χ2v) is 8.64. The highest BCUT2D eigenvalue weighted by Gasteiger charge is 2.16. The summed E-state index contributed by atoms with van der Waals surface area (Å²) < 4.78 is 5.42. The van der Waals surface area contributed by atoms with E-state index in [0.29, 0.717) is 11.9 Å². The lowest BCUT2D eigenvalue weighted by Crippen LogP contribution is -2.36. The van der Waals surface area contributed by atoms with E-state index in [-0.39, 0.29) is 11.8 Å². The molecule has 7 nitrogen and oxygen atoms in total. The van der Waals surface area contributed by atoms with Crippen LogP contribution in [0.5, 0.6) is 0 Å². The third kappa shape index (κ3) is 5.87. The van der Waals surface area contributed by atoms with Crippen molar-refractivity contribution in [3.8, 4) is 11.3 Å². The molecule has 0 aliphatic carbocycles. The molecule has 7 heteroatoms. The summed E-state index contributed by atoms with van der Waals surface area (Å²) in [6, 6.07) is 17.9. The summed E-state index contributed by atoms with van der Waals surface area (Å²) in [5.74, 6) is 0.829. The Balaban J connectivity index is 1.41. The topological polar surface area (TPSA) is 79.4 Å². The molecule has 1 aliphatic rings. The number of aromatic nitrogens is 2. The summed E-state index contributed by atoms with van der Waals surface area (Å²) in [7, 11) is 0. The highest BCUT2D eigenvalue weighted by atomic mass is 16.5. The van der Waals surface area contributed by atoms with Crippen molar-refractivity contribution < 1.29 is 9.53 Å². The maximum Gasteiger partial charge on any atom is 0.227 e. The number of carbonyl (C=O) groups is 1. The monoisotopic (exact) mass is 445 g/mol. The molecule has 0 saturated carbocycles. The maximum absolute atomic E-state index is 12.3. The van der Waals surface area contributed by atoms with Crippen molar-refractivity contribution >= 4 is 28.9 Å². The second-order valence-electron chi connectivity index (χ2n) is 8.64. The Morgan fingerprint density at radius 3 is 2.27 bits per heavy atom. The molecule has 172 valence electrons. The van der Waals surface area contributed by atoms with Gasteiger partial charge in [-0.25, -0.2) is 9.97 Å². The van der Waals surface area contributed by atoms with E-state index in [4.69, 9.17) is 4.74 Å². The van der Waals surface area contributed by atoms with Crippen LogP contribution in [0.2, 0.25) is 0 Å². The van der Waals surface area contributed by atoms with Crippen LogP contribution in [0.25, 0.3) is 11.3 Å². The second kappa shape index (κ2) is 10.4. The minimum absolute atomic E-state index is 0.0333. The molecule has 1 fully saturated rings. The first-order valence-electron chi connectivity index (χ1n) is 11.4. The van der Waals surface area contributed by atoms with Gasteiger partial charge in [0.25, 0.3) is 0 Å². The molecule has 0 spiro atoms. The quantitative estimate of drug-likeness (QED) is 0.535. The van der Waals surface area contributed by atoms with Gasteiger partial charge in [0, 0.05) is 47.8 Å². The van der Waals surface area contributed by atoms with Gasteiger partial charge in [-0.2, -0.15) is 0 Å². The maximum atomic E-state index is 12.3. The van der Waals surface area contributed by atoms with Crippen molar-refractivity contribution in [1.29, 1.82) is 0 Å². The molecule has 0 unspecified atom stereocenters. The Bertz CT molecular complexity index is 1060. The lowest BCUT2D eigenvalue weighted by molar-refractivity contribution is -0.120. The molecular formula is C26H31N5O2. The first kappa shape index (κ1) is 22.7. The van der Waals surface area contributed by atoms with Crippen LogP contribution in [0.4, 0.5) is 23.0 Å². The highest BCUT2D eigenvalue weighted by molar-refractivity contribution is 5.92. The summed E-state index contributed by atoms with van der Waals surface area (Å²) in [6.07, 6.45) is 1.74. The van der Waals surface area contributed by atoms with E-state index >= 15 is 0 Å². The molecule has 1 aliphatic heterocycles. The highest BCUT2D eigenvalue weighted by Crippen LogP contribution is 2.24. The lowest BCUT2D eigenvalue weighted by Gasteiger charge is -2.28. The van der Waals surface area contributed by atoms with Gasteiger partial charge < -0.3 is 20.3 Å². The van der Waals surface area contributed by atoms with Gasteiger partial charge in [0.1, 0.15) is 0 Å². The van der Waals surface area contributed by atoms with Crippen molar-refractivity contribution in [2.24, 2.45) is 11.8 Å². The Morgan fingerprint density at radius 1 is 0.939 bits per heavy atom. The number of hydrogen-bond donors (Lipinski definition) is 2. The largest absolute Gasteiger partial charge is 0.378 e. The molecule has 1 aromatic heterocycles. The first-order valence-corrected chi connectivity index (χ1v) is 11.4. The van der Waals surface area contributed by atoms with Gasteiger partial charge in [-0.3, -0.25) is 4.79 Å². The van der Waals surface area contributed by atoms with Gasteiger partial charge in [-0.15, -0.1) is 0 Å². The summed E-state index contributed by atoms with van der Waals surface area (Å²) in [4.78, 5) is 23.6. The normalized spacial score (nSPS) is 14.7. The number of carbonyl (C=O) groups excluding carboxylic acids is 1. The zero-order chi connectivity index (χ0) is 23.2. The predicted octanol–water partition coefficient (Wildman–Crippen LogP) is 4.95. The number of morpholine rings is 1. The number of benzene rings is 2. The standard InChI is InChI=1S/C26H31N5O2/c1-18(2)19(3)25(32)28-21-6-4-20(5-7-21)24-12-13-27-26(30-24)29-22-8-10-23(11-9-22)31-14-16-33-17-15-31/h4-13,18-19H,14-17H2,1-3H3,(H,28,32)(H,27,29,30)/t19-/m0/s1. The van der Waals surface area contributed by atoms with Crippen LogP contribution in [-0.4, -0.2) is 42.2 Å². The van der Waals surface area contributed by atoms with Crippen LogP contribution in [0, 0.1) is 11.8 Å². The van der Waals surface area contributed by atoms with E-state index in [9.17, 15) is 4.79 Å². The van der Waals surface area contributed by atoms with Gasteiger partial charge in [-0.05, 0) is 48.4 Å². The fourth-order valence-electron chi connectivity index (χ4n) is 3.57. The van der Waals surface area contributed by atoms with Gasteiger partial charge in [0.15, 0.2) is 0 Å². The molecule has 4 rings (SSSR count). The van der Waals surface area contributed by atoms with Crippen LogP contribution in [-0.2, 0) is 9.53 Å². The van der Waals surface area contributed by atoms with Gasteiger partial charge in [0.05, 0.1) is 18.9 Å². The van der Waals surface area contributed by atoms with Crippen LogP contribution >= 0.6 is 0 Å². The van der Waals surface area contributed by atoms with Crippen LogP contribution in [0.15, 0.2) is 60.8 Å². The number of amides is 1. The molecule has 1 atom stereocenters. The van der Waals surface area contributed by atoms with E-state index in [1.807, 2.05) is 63.2 Å². The van der Waals surface area contributed by atoms with E-state index in [0.717, 1.165) is 48.9 Å². The Morgan fingerprint density at radius 2 is 1.61 bits per heavy atom. The Labute approximate surface area is 195 Å². The Kier molecular flexibility index (Phi) is 7.19. The predicted molar refractivity (Wildman–Crippen MR) is 133 cm³/mol. The molecule has 3 aromatic rings. The third-order valence-electron chi connectivity index (χ3n) is 6.02.